The lowest BCUT2D eigenvalue weighted by Gasteiger charge is -2.31. The molecule has 132 valence electrons. The molecule has 0 radical (unpaired) electrons. The van der Waals surface area contributed by atoms with Crippen molar-refractivity contribution in [3.8, 4) is 0 Å². The van der Waals surface area contributed by atoms with Crippen LogP contribution in [0.3, 0.4) is 0 Å². The van der Waals surface area contributed by atoms with Gasteiger partial charge >= 0.3 is 0 Å². The average Bonchev–Trinajstić information content (AvgIpc) is 2.52. The summed E-state index contributed by atoms with van der Waals surface area (Å²) in [4.78, 5) is 12.9. The van der Waals surface area contributed by atoms with Gasteiger partial charge in [-0.2, -0.15) is 0 Å². The number of carbonyl (C=O) groups is 1. The molecule has 0 aliphatic heterocycles. The SMILES string of the molecule is CC(C)(C)C1=CC(=C/C=C(\Cl)c2ccccc2)C=C(C(C)(C)C)C1=O. The third-order valence-electron chi connectivity index (χ3n) is 4.20. The Morgan fingerprint density at radius 3 is 1.80 bits per heavy atom. The molecule has 2 heteroatoms. The fourth-order valence-electron chi connectivity index (χ4n) is 2.72. The van der Waals surface area contributed by atoms with Gasteiger partial charge in [0, 0.05) is 16.2 Å². The topological polar surface area (TPSA) is 17.1 Å². The quantitative estimate of drug-likeness (QED) is 0.576. The second-order valence-electron chi connectivity index (χ2n) is 8.49. The maximum absolute atomic E-state index is 12.9. The van der Waals surface area contributed by atoms with Gasteiger partial charge in [-0.3, -0.25) is 4.79 Å². The van der Waals surface area contributed by atoms with E-state index in [1.165, 1.54) is 0 Å². The van der Waals surface area contributed by atoms with Crippen LogP contribution in [0.25, 0.3) is 5.03 Å². The van der Waals surface area contributed by atoms with Crippen LogP contribution in [-0.2, 0) is 4.79 Å². The predicted octanol–water partition coefficient (Wildman–Crippen LogP) is 6.72. The Bertz CT molecular complexity index is 740. The molecular weight excluding hydrogens is 328 g/mol. The van der Waals surface area contributed by atoms with Gasteiger partial charge in [0.25, 0.3) is 0 Å². The Morgan fingerprint density at radius 2 is 1.36 bits per heavy atom. The Kier molecular flexibility index (Phi) is 5.58. The van der Waals surface area contributed by atoms with Crippen molar-refractivity contribution in [3.05, 3.63) is 76.9 Å². The van der Waals surface area contributed by atoms with E-state index in [4.69, 9.17) is 11.6 Å². The van der Waals surface area contributed by atoms with Crippen molar-refractivity contribution in [2.45, 2.75) is 41.5 Å². The number of hydrogen-bond acceptors (Lipinski definition) is 1. The summed E-state index contributed by atoms with van der Waals surface area (Å²) in [6.45, 7) is 12.5. The van der Waals surface area contributed by atoms with Crippen LogP contribution in [0.5, 0.6) is 0 Å². The number of ketones is 1. The molecule has 0 amide bonds. The van der Waals surface area contributed by atoms with Crippen LogP contribution < -0.4 is 0 Å². The minimum Gasteiger partial charge on any atom is -0.289 e. The number of Topliss-reactive ketones (excluding diaryl/α,β-unsaturated/α-hetero) is 1. The van der Waals surface area contributed by atoms with Crippen LogP contribution in [0.1, 0.15) is 47.1 Å². The van der Waals surface area contributed by atoms with E-state index in [1.54, 1.807) is 0 Å². The summed E-state index contributed by atoms with van der Waals surface area (Å²) < 4.78 is 0. The highest BCUT2D eigenvalue weighted by Crippen LogP contribution is 2.38. The fourth-order valence-corrected chi connectivity index (χ4v) is 2.91. The first-order valence-electron chi connectivity index (χ1n) is 8.62. The van der Waals surface area contributed by atoms with Crippen LogP contribution in [0, 0.1) is 10.8 Å². The van der Waals surface area contributed by atoms with Crippen LogP contribution >= 0.6 is 11.6 Å². The van der Waals surface area contributed by atoms with Gasteiger partial charge in [-0.25, -0.2) is 0 Å². The van der Waals surface area contributed by atoms with Crippen LogP contribution in [-0.4, -0.2) is 5.78 Å². The smallest absolute Gasteiger partial charge is 0.186 e. The maximum atomic E-state index is 12.9. The fraction of sp³-hybridized carbons (Fsp3) is 0.348. The second-order valence-corrected chi connectivity index (χ2v) is 8.90. The van der Waals surface area contributed by atoms with Crippen LogP contribution in [0.15, 0.2) is 71.4 Å². The first kappa shape index (κ1) is 19.5. The van der Waals surface area contributed by atoms with E-state index in [1.807, 2.05) is 54.6 Å². The molecule has 25 heavy (non-hydrogen) atoms. The van der Waals surface area contributed by atoms with E-state index in [2.05, 4.69) is 41.5 Å². The minimum atomic E-state index is -0.201. The molecule has 0 aromatic heterocycles. The second kappa shape index (κ2) is 7.17. The zero-order valence-corrected chi connectivity index (χ0v) is 16.7. The third kappa shape index (κ3) is 4.83. The van der Waals surface area contributed by atoms with Gasteiger partial charge in [0.1, 0.15) is 0 Å². The molecule has 1 aromatic carbocycles. The maximum Gasteiger partial charge on any atom is 0.186 e. The van der Waals surface area contributed by atoms with Crippen molar-refractivity contribution in [1.82, 2.24) is 0 Å². The molecule has 0 unspecified atom stereocenters. The van der Waals surface area contributed by atoms with E-state index >= 15 is 0 Å². The molecule has 1 aliphatic carbocycles. The van der Waals surface area contributed by atoms with Crippen molar-refractivity contribution in [2.24, 2.45) is 10.8 Å². The highest BCUT2D eigenvalue weighted by molar-refractivity contribution is 6.48. The van der Waals surface area contributed by atoms with Gasteiger partial charge in [-0.05, 0) is 40.2 Å². The lowest BCUT2D eigenvalue weighted by Crippen LogP contribution is -2.27. The van der Waals surface area contributed by atoms with E-state index < -0.39 is 0 Å². The molecule has 2 rings (SSSR count). The molecule has 0 fully saturated rings. The van der Waals surface area contributed by atoms with Gasteiger partial charge in [0.05, 0.1) is 0 Å². The Balaban J connectivity index is 2.48. The van der Waals surface area contributed by atoms with Crippen LogP contribution in [0.2, 0.25) is 0 Å². The average molecular weight is 355 g/mol. The number of benzene rings is 1. The standard InChI is InChI=1S/C23H27ClO/c1-22(2,3)18-14-16(15-19(21(18)25)23(4,5)6)12-13-20(24)17-10-8-7-9-11-17/h7-15H,1-6H3/b20-13-. The molecular formula is C23H27ClO. The summed E-state index contributed by atoms with van der Waals surface area (Å²) >= 11 is 6.41. The third-order valence-corrected chi connectivity index (χ3v) is 4.54. The van der Waals surface area contributed by atoms with E-state index in [0.717, 1.165) is 22.3 Å². The largest absolute Gasteiger partial charge is 0.289 e. The molecule has 0 bridgehead atoms. The molecule has 0 heterocycles. The van der Waals surface area contributed by atoms with Gasteiger partial charge in [0.2, 0.25) is 0 Å². The van der Waals surface area contributed by atoms with Gasteiger partial charge in [-0.1, -0.05) is 89.6 Å². The van der Waals surface area contributed by atoms with Crippen molar-refractivity contribution >= 4 is 22.4 Å². The summed E-state index contributed by atoms with van der Waals surface area (Å²) in [5.74, 6) is 0.148. The summed E-state index contributed by atoms with van der Waals surface area (Å²) in [6, 6.07) is 9.86. The lowest BCUT2D eigenvalue weighted by molar-refractivity contribution is -0.114. The van der Waals surface area contributed by atoms with Gasteiger partial charge < -0.3 is 0 Å². The summed E-state index contributed by atoms with van der Waals surface area (Å²) in [5, 5.41) is 0.682. The Hall–Kier alpha value is -1.86. The Morgan fingerprint density at radius 1 is 0.880 bits per heavy atom. The number of allylic oxidation sites excluding steroid dienone is 7. The molecule has 0 saturated carbocycles. The van der Waals surface area contributed by atoms with E-state index in [0.29, 0.717) is 5.03 Å². The normalized spacial score (nSPS) is 16.5. The van der Waals surface area contributed by atoms with Crippen molar-refractivity contribution < 1.29 is 4.79 Å². The predicted molar refractivity (Wildman–Crippen MR) is 108 cm³/mol. The zero-order chi connectivity index (χ0) is 18.8. The summed E-state index contributed by atoms with van der Waals surface area (Å²) in [5.41, 5.74) is 3.27. The van der Waals surface area contributed by atoms with Crippen molar-refractivity contribution in [3.63, 3.8) is 0 Å². The molecule has 1 aromatic rings. The number of rotatable bonds is 2. The minimum absolute atomic E-state index is 0.148. The van der Waals surface area contributed by atoms with E-state index in [-0.39, 0.29) is 16.6 Å². The lowest BCUT2D eigenvalue weighted by atomic mass is 9.72. The van der Waals surface area contributed by atoms with Crippen molar-refractivity contribution in [2.75, 3.05) is 0 Å². The molecule has 1 nitrogen and oxygen atoms in total. The van der Waals surface area contributed by atoms with Crippen molar-refractivity contribution in [1.29, 1.82) is 0 Å². The molecule has 0 spiro atoms. The molecule has 1 aliphatic rings. The first-order valence-corrected chi connectivity index (χ1v) is 9.00. The van der Waals surface area contributed by atoms with E-state index in [9.17, 15) is 4.79 Å². The Labute approximate surface area is 156 Å². The van der Waals surface area contributed by atoms with Crippen LogP contribution in [0.4, 0.5) is 0 Å². The monoisotopic (exact) mass is 354 g/mol. The molecule has 0 saturated heterocycles. The number of carbonyl (C=O) groups excluding carboxylic acids is 1. The number of hydrogen-bond donors (Lipinski definition) is 0. The molecule has 0 N–H and O–H groups in total. The van der Waals surface area contributed by atoms with Gasteiger partial charge in [0.15, 0.2) is 5.78 Å². The summed E-state index contributed by atoms with van der Waals surface area (Å²) in [7, 11) is 0. The first-order chi connectivity index (χ1) is 11.5. The van der Waals surface area contributed by atoms with Gasteiger partial charge in [-0.15, -0.1) is 0 Å². The highest BCUT2D eigenvalue weighted by atomic mass is 35.5. The summed E-state index contributed by atoms with van der Waals surface area (Å²) in [6.07, 6.45) is 7.86. The number of halogens is 1. The highest BCUT2D eigenvalue weighted by Gasteiger charge is 2.33. The zero-order valence-electron chi connectivity index (χ0n) is 16.0. The molecule has 0 atom stereocenters.